The molecule has 0 aliphatic carbocycles. The van der Waals surface area contributed by atoms with Crippen LogP contribution in [0, 0.1) is 0 Å². The van der Waals surface area contributed by atoms with Gasteiger partial charge in [0.05, 0.1) is 25.6 Å². The Labute approximate surface area is 146 Å². The fourth-order valence-corrected chi connectivity index (χ4v) is 2.89. The Balaban J connectivity index is 1.70. The maximum Gasteiger partial charge on any atom is 0.200 e. The third-order valence-electron chi connectivity index (χ3n) is 4.11. The summed E-state index contributed by atoms with van der Waals surface area (Å²) >= 11 is 0. The fraction of sp³-hybridized carbons (Fsp3) is 0.263. The summed E-state index contributed by atoms with van der Waals surface area (Å²) in [5.41, 5.74) is 1.90. The van der Waals surface area contributed by atoms with Gasteiger partial charge in [-0.15, -0.1) is 0 Å². The molecule has 0 radical (unpaired) electrons. The third-order valence-corrected chi connectivity index (χ3v) is 4.11. The fourth-order valence-electron chi connectivity index (χ4n) is 2.89. The van der Waals surface area contributed by atoms with E-state index in [-0.39, 0.29) is 6.29 Å². The topological polar surface area (TPSA) is 58.4 Å². The Hall–Kier alpha value is -2.86. The molecule has 3 heterocycles. The zero-order valence-electron chi connectivity index (χ0n) is 14.0. The summed E-state index contributed by atoms with van der Waals surface area (Å²) in [5.74, 6) is 2.11. The van der Waals surface area contributed by atoms with Crippen molar-refractivity contribution in [2.75, 3.05) is 13.7 Å². The number of methoxy groups -OCH3 is 1. The Morgan fingerprint density at radius 3 is 2.84 bits per heavy atom. The SMILES string of the molecule is COc1ccc(-c2ccnn2-c2ccccn2)cc1O[C@H]1CCCO1. The molecule has 6 nitrogen and oxygen atoms in total. The highest BCUT2D eigenvalue weighted by Crippen LogP contribution is 2.34. The van der Waals surface area contributed by atoms with Crippen LogP contribution in [0.2, 0.25) is 0 Å². The van der Waals surface area contributed by atoms with Crippen LogP contribution in [0.25, 0.3) is 17.1 Å². The van der Waals surface area contributed by atoms with Crippen LogP contribution in [0.15, 0.2) is 54.9 Å². The van der Waals surface area contributed by atoms with Crippen LogP contribution in [0.5, 0.6) is 11.5 Å². The number of pyridine rings is 1. The molecular formula is C19H19N3O3. The normalized spacial score (nSPS) is 16.8. The molecule has 6 heteroatoms. The number of benzene rings is 1. The number of rotatable bonds is 5. The Morgan fingerprint density at radius 2 is 2.08 bits per heavy atom. The lowest BCUT2D eigenvalue weighted by atomic mass is 10.1. The van der Waals surface area contributed by atoms with Crippen molar-refractivity contribution in [3.63, 3.8) is 0 Å². The summed E-state index contributed by atoms with van der Waals surface area (Å²) in [4.78, 5) is 4.37. The van der Waals surface area contributed by atoms with Crippen LogP contribution in [0.3, 0.4) is 0 Å². The molecule has 0 unspecified atom stereocenters. The van der Waals surface area contributed by atoms with Crippen molar-refractivity contribution in [2.45, 2.75) is 19.1 Å². The van der Waals surface area contributed by atoms with Crippen molar-refractivity contribution < 1.29 is 14.2 Å². The summed E-state index contributed by atoms with van der Waals surface area (Å²) in [6.45, 7) is 0.735. The molecule has 1 aromatic carbocycles. The molecule has 0 saturated carbocycles. The molecule has 1 aliphatic heterocycles. The average Bonchev–Trinajstić information content (AvgIpc) is 3.34. The minimum atomic E-state index is -0.218. The predicted molar refractivity (Wildman–Crippen MR) is 92.9 cm³/mol. The largest absolute Gasteiger partial charge is 0.493 e. The Morgan fingerprint density at radius 1 is 1.12 bits per heavy atom. The Kier molecular flexibility index (Phi) is 4.35. The molecule has 25 heavy (non-hydrogen) atoms. The van der Waals surface area contributed by atoms with Gasteiger partial charge in [0.2, 0.25) is 0 Å². The van der Waals surface area contributed by atoms with Gasteiger partial charge in [0.15, 0.2) is 23.6 Å². The lowest BCUT2D eigenvalue weighted by molar-refractivity contribution is -0.0402. The molecule has 1 fully saturated rings. The number of hydrogen-bond acceptors (Lipinski definition) is 5. The van der Waals surface area contributed by atoms with E-state index in [1.165, 1.54) is 0 Å². The van der Waals surface area contributed by atoms with E-state index < -0.39 is 0 Å². The van der Waals surface area contributed by atoms with Crippen molar-refractivity contribution in [2.24, 2.45) is 0 Å². The smallest absolute Gasteiger partial charge is 0.200 e. The maximum absolute atomic E-state index is 5.99. The molecule has 1 atom stereocenters. The van der Waals surface area contributed by atoms with Gasteiger partial charge in [-0.25, -0.2) is 9.67 Å². The molecule has 4 rings (SSSR count). The molecule has 1 aliphatic rings. The van der Waals surface area contributed by atoms with E-state index in [0.29, 0.717) is 11.5 Å². The summed E-state index contributed by atoms with van der Waals surface area (Å²) in [6.07, 6.45) is 5.19. The minimum absolute atomic E-state index is 0.218. The molecule has 2 aromatic heterocycles. The van der Waals surface area contributed by atoms with Crippen molar-refractivity contribution in [3.05, 3.63) is 54.9 Å². The maximum atomic E-state index is 5.99. The number of nitrogens with zero attached hydrogens (tertiary/aromatic N) is 3. The first-order chi connectivity index (χ1) is 12.3. The lowest BCUT2D eigenvalue weighted by Crippen LogP contribution is -2.14. The van der Waals surface area contributed by atoms with Gasteiger partial charge in [0, 0.05) is 18.2 Å². The van der Waals surface area contributed by atoms with Crippen LogP contribution < -0.4 is 9.47 Å². The summed E-state index contributed by atoms with van der Waals surface area (Å²) in [7, 11) is 1.63. The highest BCUT2D eigenvalue weighted by molar-refractivity contribution is 5.65. The molecule has 0 spiro atoms. The van der Waals surface area contributed by atoms with Gasteiger partial charge in [-0.1, -0.05) is 6.07 Å². The monoisotopic (exact) mass is 337 g/mol. The Bertz CT molecular complexity index is 842. The van der Waals surface area contributed by atoms with Gasteiger partial charge >= 0.3 is 0 Å². The van der Waals surface area contributed by atoms with Gasteiger partial charge in [0.1, 0.15) is 0 Å². The number of aromatic nitrogens is 3. The van der Waals surface area contributed by atoms with E-state index >= 15 is 0 Å². The molecular weight excluding hydrogens is 318 g/mol. The molecule has 0 N–H and O–H groups in total. The summed E-state index contributed by atoms with van der Waals surface area (Å²) in [5, 5.41) is 4.40. The third kappa shape index (κ3) is 3.21. The first kappa shape index (κ1) is 15.7. The van der Waals surface area contributed by atoms with Gasteiger partial charge in [0.25, 0.3) is 0 Å². The van der Waals surface area contributed by atoms with Crippen LogP contribution in [-0.4, -0.2) is 34.8 Å². The lowest BCUT2D eigenvalue weighted by Gasteiger charge is -2.16. The van der Waals surface area contributed by atoms with Gasteiger partial charge in [-0.05, 0) is 42.8 Å². The molecule has 128 valence electrons. The van der Waals surface area contributed by atoms with Crippen LogP contribution in [0.4, 0.5) is 0 Å². The van der Waals surface area contributed by atoms with Crippen molar-refractivity contribution in [1.82, 2.24) is 14.8 Å². The predicted octanol–water partition coefficient (Wildman–Crippen LogP) is 3.46. The first-order valence-electron chi connectivity index (χ1n) is 8.27. The van der Waals surface area contributed by atoms with E-state index in [1.54, 1.807) is 24.2 Å². The second-order valence-electron chi connectivity index (χ2n) is 5.74. The first-order valence-corrected chi connectivity index (χ1v) is 8.27. The second kappa shape index (κ2) is 6.94. The van der Waals surface area contributed by atoms with Gasteiger partial charge in [-0.3, -0.25) is 0 Å². The average molecular weight is 337 g/mol. The summed E-state index contributed by atoms with van der Waals surface area (Å²) < 4.78 is 18.8. The molecule has 0 bridgehead atoms. The van der Waals surface area contributed by atoms with Crippen LogP contribution >= 0.6 is 0 Å². The minimum Gasteiger partial charge on any atom is -0.493 e. The van der Waals surface area contributed by atoms with Crippen molar-refractivity contribution >= 4 is 0 Å². The highest BCUT2D eigenvalue weighted by Gasteiger charge is 2.20. The van der Waals surface area contributed by atoms with E-state index in [9.17, 15) is 0 Å². The van der Waals surface area contributed by atoms with E-state index in [4.69, 9.17) is 14.2 Å². The summed E-state index contributed by atoms with van der Waals surface area (Å²) in [6, 6.07) is 13.5. The quantitative estimate of drug-likeness (QED) is 0.713. The zero-order chi connectivity index (χ0) is 17.1. The second-order valence-corrected chi connectivity index (χ2v) is 5.74. The van der Waals surface area contributed by atoms with E-state index in [0.717, 1.165) is 36.5 Å². The van der Waals surface area contributed by atoms with Crippen molar-refractivity contribution in [3.8, 4) is 28.6 Å². The number of ether oxygens (including phenoxy) is 3. The highest BCUT2D eigenvalue weighted by atomic mass is 16.7. The zero-order valence-corrected chi connectivity index (χ0v) is 14.0. The van der Waals surface area contributed by atoms with Gasteiger partial charge < -0.3 is 14.2 Å². The standard InChI is InChI=1S/C19H19N3O3/c1-23-16-8-7-14(13-17(16)25-19-6-4-12-24-19)15-9-11-21-22(15)18-5-2-3-10-20-18/h2-3,5,7-11,13,19H,4,6,12H2,1H3/t19-/m0/s1. The molecule has 1 saturated heterocycles. The van der Waals surface area contributed by atoms with Gasteiger partial charge in [-0.2, -0.15) is 5.10 Å². The number of hydrogen-bond donors (Lipinski definition) is 0. The van der Waals surface area contributed by atoms with Crippen molar-refractivity contribution in [1.29, 1.82) is 0 Å². The van der Waals surface area contributed by atoms with E-state index in [2.05, 4.69) is 10.1 Å². The molecule has 0 amide bonds. The van der Waals surface area contributed by atoms with Crippen LogP contribution in [0.1, 0.15) is 12.8 Å². The van der Waals surface area contributed by atoms with E-state index in [1.807, 2.05) is 42.5 Å². The van der Waals surface area contributed by atoms with Crippen LogP contribution in [-0.2, 0) is 4.74 Å². The molecule has 3 aromatic rings.